The highest BCUT2D eigenvalue weighted by Crippen LogP contribution is 2.06. The lowest BCUT2D eigenvalue weighted by molar-refractivity contribution is -0.142. The van der Waals surface area contributed by atoms with Gasteiger partial charge in [-0.05, 0) is 19.8 Å². The number of rotatable bonds is 8. The average Bonchev–Trinajstić information content (AvgIpc) is 2.43. The summed E-state index contributed by atoms with van der Waals surface area (Å²) in [6.07, 6.45) is 1.89. The second kappa shape index (κ2) is 10.2. The van der Waals surface area contributed by atoms with Crippen LogP contribution in [0.5, 0.6) is 0 Å². The smallest absolute Gasteiger partial charge is 0.322 e. The Morgan fingerprint density at radius 1 is 1.55 bits per heavy atom. The Labute approximate surface area is 117 Å². The fourth-order valence-electron chi connectivity index (χ4n) is 1.39. The zero-order valence-corrected chi connectivity index (χ0v) is 12.0. The largest absolute Gasteiger partial charge is 0.468 e. The Bertz CT molecular complexity index is 361. The molecule has 0 heterocycles. The van der Waals surface area contributed by atoms with Gasteiger partial charge >= 0.3 is 5.97 Å². The predicted octanol–water partition coefficient (Wildman–Crippen LogP) is 0.352. The van der Waals surface area contributed by atoms with E-state index in [9.17, 15) is 9.18 Å². The van der Waals surface area contributed by atoms with Crippen LogP contribution in [0.25, 0.3) is 0 Å². The molecule has 7 nitrogen and oxygen atoms in total. The number of esters is 1. The van der Waals surface area contributed by atoms with Gasteiger partial charge in [0.05, 0.1) is 13.7 Å². The van der Waals surface area contributed by atoms with Crippen molar-refractivity contribution in [1.82, 2.24) is 4.90 Å². The molecule has 0 saturated carbocycles. The highest BCUT2D eigenvalue weighted by atomic mass is 19.1. The summed E-state index contributed by atoms with van der Waals surface area (Å²) in [7, 11) is 2.61. The van der Waals surface area contributed by atoms with Crippen molar-refractivity contribution in [2.24, 2.45) is 10.9 Å². The van der Waals surface area contributed by atoms with Gasteiger partial charge in [0.25, 0.3) is 0 Å². The van der Waals surface area contributed by atoms with E-state index in [1.165, 1.54) is 25.2 Å². The molecule has 0 saturated heterocycles. The molecule has 1 unspecified atom stereocenters. The van der Waals surface area contributed by atoms with Crippen molar-refractivity contribution in [3.05, 3.63) is 11.9 Å². The average molecular weight is 291 g/mol. The van der Waals surface area contributed by atoms with Crippen molar-refractivity contribution in [3.8, 4) is 0 Å². The number of ether oxygens (including phenoxy) is 1. The number of nitrogens with two attached hydrogens (primary N) is 1. The van der Waals surface area contributed by atoms with Crippen LogP contribution in [0.2, 0.25) is 0 Å². The molecule has 20 heavy (non-hydrogen) atoms. The lowest BCUT2D eigenvalue weighted by Crippen LogP contribution is -2.32. The van der Waals surface area contributed by atoms with Crippen LogP contribution >= 0.6 is 0 Å². The third kappa shape index (κ3) is 7.05. The van der Waals surface area contributed by atoms with Crippen LogP contribution in [0.3, 0.4) is 0 Å². The second-order valence-corrected chi connectivity index (χ2v) is 4.02. The third-order valence-corrected chi connectivity index (χ3v) is 2.54. The minimum atomic E-state index is -0.769. The fraction of sp³-hybridized carbons (Fsp3) is 0.667. The third-order valence-electron chi connectivity index (χ3n) is 2.54. The number of aliphatic hydroxyl groups excluding tert-OH is 1. The topological polar surface area (TPSA) is 97.4 Å². The van der Waals surface area contributed by atoms with Crippen molar-refractivity contribution < 1.29 is 23.9 Å². The Kier molecular flexibility index (Phi) is 9.31. The number of allylic oxidation sites excluding steroid dienone is 1. The normalized spacial score (nSPS) is 13.9. The van der Waals surface area contributed by atoms with Crippen molar-refractivity contribution in [2.45, 2.75) is 25.8 Å². The number of hydrogen-bond donors (Lipinski definition) is 2. The van der Waals surface area contributed by atoms with Gasteiger partial charge in [-0.15, -0.1) is 0 Å². The van der Waals surface area contributed by atoms with Crippen LogP contribution in [-0.4, -0.2) is 55.3 Å². The number of methoxy groups -OCH3 is 1. The standard InChI is InChI=1S/C12H22FN3O4/c1-9(15-20-3)16(8-17)7-10(13)5-4-6-11(14)12(18)19-2/h5,11,17H,4,6-8,14H2,1-3H3/b10-5+,15-9-. The van der Waals surface area contributed by atoms with E-state index in [0.717, 1.165) is 0 Å². The summed E-state index contributed by atoms with van der Waals surface area (Å²) in [4.78, 5) is 16.9. The van der Waals surface area contributed by atoms with Crippen LogP contribution in [0.15, 0.2) is 17.1 Å². The number of halogens is 1. The molecule has 3 N–H and O–H groups in total. The van der Waals surface area contributed by atoms with E-state index in [0.29, 0.717) is 12.3 Å². The van der Waals surface area contributed by atoms with Crippen LogP contribution in [0.1, 0.15) is 19.8 Å². The van der Waals surface area contributed by atoms with Crippen LogP contribution in [0, 0.1) is 0 Å². The fourth-order valence-corrected chi connectivity index (χ4v) is 1.39. The van der Waals surface area contributed by atoms with Crippen molar-refractivity contribution in [1.29, 1.82) is 0 Å². The highest BCUT2D eigenvalue weighted by molar-refractivity contribution is 5.79. The molecule has 0 aliphatic rings. The van der Waals surface area contributed by atoms with Gasteiger partial charge in [0.15, 0.2) is 0 Å². The summed E-state index contributed by atoms with van der Waals surface area (Å²) in [5.41, 5.74) is 5.52. The molecule has 0 aromatic rings. The number of carbonyl (C=O) groups excluding carboxylic acids is 1. The zero-order chi connectivity index (χ0) is 15.5. The summed E-state index contributed by atoms with van der Waals surface area (Å²) in [5.74, 6) is -0.634. The number of oxime groups is 1. The lowest BCUT2D eigenvalue weighted by Gasteiger charge is -2.19. The van der Waals surface area contributed by atoms with E-state index in [1.807, 2.05) is 0 Å². The quantitative estimate of drug-likeness (QED) is 0.220. The maximum atomic E-state index is 13.6. The molecular formula is C12H22FN3O4. The summed E-state index contributed by atoms with van der Waals surface area (Å²) in [5, 5.41) is 12.7. The molecule has 0 bridgehead atoms. The lowest BCUT2D eigenvalue weighted by atomic mass is 10.1. The van der Waals surface area contributed by atoms with Gasteiger partial charge in [0, 0.05) is 0 Å². The van der Waals surface area contributed by atoms with E-state index in [4.69, 9.17) is 10.8 Å². The van der Waals surface area contributed by atoms with Gasteiger partial charge in [-0.25, -0.2) is 4.39 Å². The maximum Gasteiger partial charge on any atom is 0.322 e. The summed E-state index contributed by atoms with van der Waals surface area (Å²) < 4.78 is 18.1. The molecule has 0 amide bonds. The maximum absolute atomic E-state index is 13.6. The Morgan fingerprint density at radius 2 is 2.20 bits per heavy atom. The second-order valence-electron chi connectivity index (χ2n) is 4.02. The van der Waals surface area contributed by atoms with E-state index in [-0.39, 0.29) is 19.7 Å². The molecule has 1 atom stereocenters. The first-order valence-corrected chi connectivity index (χ1v) is 6.07. The molecule has 0 aliphatic heterocycles. The minimum Gasteiger partial charge on any atom is -0.468 e. The molecular weight excluding hydrogens is 269 g/mol. The van der Waals surface area contributed by atoms with Crippen LogP contribution in [0.4, 0.5) is 4.39 Å². The summed E-state index contributed by atoms with van der Waals surface area (Å²) in [6, 6.07) is -0.769. The summed E-state index contributed by atoms with van der Waals surface area (Å²) in [6.45, 7) is 1.06. The predicted molar refractivity (Wildman–Crippen MR) is 72.3 cm³/mol. The number of hydrogen-bond acceptors (Lipinski definition) is 6. The zero-order valence-electron chi connectivity index (χ0n) is 12.0. The molecule has 0 rings (SSSR count). The number of aliphatic hydroxyl groups is 1. The monoisotopic (exact) mass is 291 g/mol. The molecule has 0 radical (unpaired) electrons. The van der Waals surface area contributed by atoms with Crippen molar-refractivity contribution in [2.75, 3.05) is 27.5 Å². The van der Waals surface area contributed by atoms with Crippen LogP contribution in [-0.2, 0) is 14.4 Å². The van der Waals surface area contributed by atoms with Crippen molar-refractivity contribution in [3.63, 3.8) is 0 Å². The molecule has 0 aromatic heterocycles. The van der Waals surface area contributed by atoms with Gasteiger partial charge in [0.1, 0.15) is 31.5 Å². The molecule has 0 aromatic carbocycles. The Balaban J connectivity index is 4.31. The van der Waals surface area contributed by atoms with Gasteiger partial charge in [-0.1, -0.05) is 11.2 Å². The first-order chi connectivity index (χ1) is 9.46. The van der Waals surface area contributed by atoms with Gasteiger partial charge in [-0.3, -0.25) is 4.79 Å². The van der Waals surface area contributed by atoms with Crippen molar-refractivity contribution >= 4 is 11.8 Å². The highest BCUT2D eigenvalue weighted by Gasteiger charge is 2.13. The van der Waals surface area contributed by atoms with Crippen LogP contribution < -0.4 is 5.73 Å². The van der Waals surface area contributed by atoms with E-state index in [2.05, 4.69) is 14.7 Å². The molecule has 116 valence electrons. The Morgan fingerprint density at radius 3 is 2.70 bits per heavy atom. The van der Waals surface area contributed by atoms with Gasteiger partial charge in [-0.2, -0.15) is 0 Å². The first-order valence-electron chi connectivity index (χ1n) is 6.07. The molecule has 8 heteroatoms. The van der Waals surface area contributed by atoms with E-state index >= 15 is 0 Å². The van der Waals surface area contributed by atoms with E-state index < -0.39 is 17.8 Å². The molecule has 0 aliphatic carbocycles. The molecule has 0 fully saturated rings. The van der Waals surface area contributed by atoms with Gasteiger partial charge in [0.2, 0.25) is 0 Å². The SMILES string of the molecule is CO/N=C(/C)N(CO)C/C(F)=C\CCC(N)C(=O)OC. The first kappa shape index (κ1) is 18.3. The minimum absolute atomic E-state index is 0.136. The number of carbonyl (C=O) groups is 1. The number of nitrogens with zero attached hydrogens (tertiary/aromatic N) is 2. The number of amidine groups is 1. The Hall–Kier alpha value is -1.67. The van der Waals surface area contributed by atoms with E-state index in [1.54, 1.807) is 6.92 Å². The summed E-state index contributed by atoms with van der Waals surface area (Å²) >= 11 is 0. The molecule has 0 spiro atoms. The van der Waals surface area contributed by atoms with Gasteiger partial charge < -0.3 is 25.3 Å².